The number of methoxy groups -OCH3 is 1. The number of nitrogen functional groups attached to an aromatic ring is 1. The van der Waals surface area contributed by atoms with Gasteiger partial charge in [-0.3, -0.25) is 9.13 Å². The Labute approximate surface area is 137 Å². The number of benzene rings is 2. The second-order valence-electron chi connectivity index (χ2n) is 5.45. The van der Waals surface area contributed by atoms with Crippen LogP contribution in [0.2, 0.25) is 0 Å². The third kappa shape index (κ3) is 2.30. The van der Waals surface area contributed by atoms with Crippen LogP contribution in [0.3, 0.4) is 0 Å². The van der Waals surface area contributed by atoms with Crippen LogP contribution in [0.1, 0.15) is 15.9 Å². The van der Waals surface area contributed by atoms with Crippen LogP contribution >= 0.6 is 0 Å². The van der Waals surface area contributed by atoms with Gasteiger partial charge >= 0.3 is 11.7 Å². The van der Waals surface area contributed by atoms with Crippen molar-refractivity contribution in [2.24, 2.45) is 7.05 Å². The van der Waals surface area contributed by atoms with Crippen molar-refractivity contribution in [3.8, 4) is 5.75 Å². The molecule has 0 aliphatic carbocycles. The zero-order valence-electron chi connectivity index (χ0n) is 13.3. The molecule has 7 heteroatoms. The summed E-state index contributed by atoms with van der Waals surface area (Å²) in [5, 5.41) is 9.44. The van der Waals surface area contributed by atoms with Crippen LogP contribution in [0.4, 0.5) is 5.69 Å². The topological polar surface area (TPSA) is 99.5 Å². The lowest BCUT2D eigenvalue weighted by atomic mass is 10.1. The number of hydrogen-bond donors (Lipinski definition) is 2. The molecule has 0 aliphatic heterocycles. The maximum atomic E-state index is 12.6. The summed E-state index contributed by atoms with van der Waals surface area (Å²) in [5.41, 5.74) is 7.54. The highest BCUT2D eigenvalue weighted by molar-refractivity contribution is 6.05. The number of carboxylic acid groups (broad SMARTS) is 1. The lowest BCUT2D eigenvalue weighted by Gasteiger charge is -2.11. The van der Waals surface area contributed by atoms with Crippen molar-refractivity contribution < 1.29 is 14.6 Å². The second-order valence-corrected chi connectivity index (χ2v) is 5.45. The van der Waals surface area contributed by atoms with Gasteiger partial charge in [0.25, 0.3) is 0 Å². The van der Waals surface area contributed by atoms with Crippen LogP contribution in [-0.4, -0.2) is 27.3 Å². The number of ether oxygens (including phenoxy) is 1. The van der Waals surface area contributed by atoms with E-state index in [0.29, 0.717) is 17.6 Å². The fourth-order valence-corrected chi connectivity index (χ4v) is 2.87. The van der Waals surface area contributed by atoms with Crippen LogP contribution in [0, 0.1) is 0 Å². The van der Waals surface area contributed by atoms with Crippen LogP contribution in [0.25, 0.3) is 11.0 Å². The van der Waals surface area contributed by atoms with Gasteiger partial charge in [0, 0.05) is 13.1 Å². The molecule has 0 aliphatic rings. The van der Waals surface area contributed by atoms with E-state index in [1.54, 1.807) is 7.05 Å². The molecule has 0 bridgehead atoms. The maximum Gasteiger partial charge on any atom is 0.341 e. The molecule has 3 N–H and O–H groups in total. The number of rotatable bonds is 4. The first-order valence-electron chi connectivity index (χ1n) is 7.28. The Bertz CT molecular complexity index is 987. The summed E-state index contributed by atoms with van der Waals surface area (Å²) in [7, 11) is 2.98. The van der Waals surface area contributed by atoms with Crippen molar-refractivity contribution in [2.75, 3.05) is 12.8 Å². The molecular weight excluding hydrogens is 310 g/mol. The maximum absolute atomic E-state index is 12.6. The number of aromatic nitrogens is 2. The van der Waals surface area contributed by atoms with Crippen LogP contribution < -0.4 is 16.2 Å². The summed E-state index contributed by atoms with van der Waals surface area (Å²) in [6.07, 6.45) is 0. The molecule has 1 heterocycles. The lowest BCUT2D eigenvalue weighted by molar-refractivity contribution is 0.0694. The van der Waals surface area contributed by atoms with Crippen molar-refractivity contribution in [3.63, 3.8) is 0 Å². The van der Waals surface area contributed by atoms with Gasteiger partial charge < -0.3 is 15.6 Å². The number of imidazole rings is 1. The standard InChI is InChI=1S/C17H17N3O4/c1-19-11-8-12(24-2)13(16(21)22)14(18)15(11)20(17(19)23)9-10-6-4-3-5-7-10/h3-8H,9,18H2,1-2H3,(H,21,22). The Morgan fingerprint density at radius 1 is 1.29 bits per heavy atom. The number of hydrogen-bond acceptors (Lipinski definition) is 4. The number of nitrogens with zero attached hydrogens (tertiary/aromatic N) is 2. The monoisotopic (exact) mass is 327 g/mol. The van der Waals surface area contributed by atoms with Gasteiger partial charge in [0.1, 0.15) is 11.3 Å². The zero-order chi connectivity index (χ0) is 17.4. The number of nitrogens with two attached hydrogens (primary N) is 1. The summed E-state index contributed by atoms with van der Waals surface area (Å²) < 4.78 is 8.04. The molecule has 24 heavy (non-hydrogen) atoms. The first-order chi connectivity index (χ1) is 11.5. The minimum atomic E-state index is -1.20. The van der Waals surface area contributed by atoms with Crippen molar-refractivity contribution in [1.29, 1.82) is 0 Å². The molecule has 0 radical (unpaired) electrons. The molecule has 7 nitrogen and oxygen atoms in total. The summed E-state index contributed by atoms with van der Waals surface area (Å²) in [4.78, 5) is 24.2. The fourth-order valence-electron chi connectivity index (χ4n) is 2.87. The Hall–Kier alpha value is -3.22. The van der Waals surface area contributed by atoms with E-state index in [9.17, 15) is 14.7 Å². The van der Waals surface area contributed by atoms with Gasteiger partial charge in [-0.25, -0.2) is 9.59 Å². The number of carboxylic acids is 1. The smallest absolute Gasteiger partial charge is 0.341 e. The molecule has 3 aromatic rings. The van der Waals surface area contributed by atoms with E-state index in [1.807, 2.05) is 30.3 Å². The predicted octanol–water partition coefficient (Wildman–Crippen LogP) is 1.68. The first kappa shape index (κ1) is 15.7. The van der Waals surface area contributed by atoms with E-state index < -0.39 is 5.97 Å². The number of anilines is 1. The molecule has 3 rings (SSSR count). The Morgan fingerprint density at radius 3 is 2.54 bits per heavy atom. The van der Waals surface area contributed by atoms with Crippen LogP contribution in [0.5, 0.6) is 5.75 Å². The molecule has 0 saturated carbocycles. The van der Waals surface area contributed by atoms with E-state index in [4.69, 9.17) is 10.5 Å². The number of fused-ring (bicyclic) bond motifs is 1. The highest BCUT2D eigenvalue weighted by Crippen LogP contribution is 2.33. The normalized spacial score (nSPS) is 10.9. The van der Waals surface area contributed by atoms with Gasteiger partial charge in [-0.2, -0.15) is 0 Å². The van der Waals surface area contributed by atoms with E-state index in [2.05, 4.69) is 0 Å². The fraction of sp³-hybridized carbons (Fsp3) is 0.176. The van der Waals surface area contributed by atoms with Gasteiger partial charge in [0.15, 0.2) is 0 Å². The van der Waals surface area contributed by atoms with Crippen molar-refractivity contribution in [2.45, 2.75) is 6.54 Å². The van der Waals surface area contributed by atoms with Crippen LogP contribution in [0.15, 0.2) is 41.2 Å². The quantitative estimate of drug-likeness (QED) is 0.710. The molecule has 1 aromatic heterocycles. The van der Waals surface area contributed by atoms with E-state index in [1.165, 1.54) is 22.3 Å². The van der Waals surface area contributed by atoms with E-state index in [0.717, 1.165) is 5.56 Å². The SMILES string of the molecule is COc1cc2c(c(N)c1C(=O)O)n(Cc1ccccc1)c(=O)n2C. The minimum absolute atomic E-state index is 0.0190. The highest BCUT2D eigenvalue weighted by Gasteiger charge is 2.23. The number of carbonyl (C=O) groups is 1. The molecule has 0 unspecified atom stereocenters. The zero-order valence-corrected chi connectivity index (χ0v) is 13.3. The molecule has 0 amide bonds. The summed E-state index contributed by atoms with van der Waals surface area (Å²) >= 11 is 0. The summed E-state index contributed by atoms with van der Waals surface area (Å²) in [6.45, 7) is 0.298. The Morgan fingerprint density at radius 2 is 1.96 bits per heavy atom. The number of aryl methyl sites for hydroxylation is 1. The first-order valence-corrected chi connectivity index (χ1v) is 7.28. The highest BCUT2D eigenvalue weighted by atomic mass is 16.5. The molecule has 0 atom stereocenters. The second kappa shape index (κ2) is 5.77. The van der Waals surface area contributed by atoms with E-state index in [-0.39, 0.29) is 22.7 Å². The molecule has 0 fully saturated rings. The minimum Gasteiger partial charge on any atom is -0.496 e. The van der Waals surface area contributed by atoms with Gasteiger partial charge in [0.2, 0.25) is 0 Å². The largest absolute Gasteiger partial charge is 0.496 e. The third-order valence-corrected chi connectivity index (χ3v) is 4.05. The summed E-state index contributed by atoms with van der Waals surface area (Å²) in [6, 6.07) is 10.9. The van der Waals surface area contributed by atoms with Crippen LogP contribution in [-0.2, 0) is 13.6 Å². The average Bonchev–Trinajstić information content (AvgIpc) is 2.80. The lowest BCUT2D eigenvalue weighted by Crippen LogP contribution is -2.23. The predicted molar refractivity (Wildman–Crippen MR) is 90.6 cm³/mol. The third-order valence-electron chi connectivity index (χ3n) is 4.05. The molecule has 0 spiro atoms. The summed E-state index contributed by atoms with van der Waals surface area (Å²) in [5.74, 6) is -1.08. The Kier molecular flexibility index (Phi) is 3.76. The van der Waals surface area contributed by atoms with Crippen molar-refractivity contribution in [3.05, 3.63) is 58.0 Å². The molecule has 0 saturated heterocycles. The molecular formula is C17H17N3O4. The van der Waals surface area contributed by atoms with Crippen molar-refractivity contribution in [1.82, 2.24) is 9.13 Å². The van der Waals surface area contributed by atoms with Gasteiger partial charge in [-0.05, 0) is 5.56 Å². The number of aromatic carboxylic acids is 1. The molecule has 2 aromatic carbocycles. The van der Waals surface area contributed by atoms with Gasteiger partial charge in [-0.1, -0.05) is 30.3 Å². The molecule has 124 valence electrons. The van der Waals surface area contributed by atoms with Gasteiger partial charge in [-0.15, -0.1) is 0 Å². The average molecular weight is 327 g/mol. The Balaban J connectivity index is 2.34. The van der Waals surface area contributed by atoms with Crippen molar-refractivity contribution >= 4 is 22.7 Å². The van der Waals surface area contributed by atoms with Gasteiger partial charge in [0.05, 0.1) is 30.4 Å². The van der Waals surface area contributed by atoms with E-state index >= 15 is 0 Å².